The highest BCUT2D eigenvalue weighted by molar-refractivity contribution is 5.93. The number of aromatic nitrogens is 2. The average Bonchev–Trinajstić information content (AvgIpc) is 3.01. The minimum Gasteiger partial charge on any atom is -0.497 e. The molecule has 4 nitrogen and oxygen atoms in total. The Hall–Kier alpha value is -3.34. The van der Waals surface area contributed by atoms with Crippen molar-refractivity contribution < 1.29 is 9.13 Å². The van der Waals surface area contributed by atoms with Crippen molar-refractivity contribution in [2.45, 2.75) is 26.9 Å². The Kier molecular flexibility index (Phi) is 5.44. The molecule has 5 heteroatoms. The average molecular weight is 404 g/mol. The monoisotopic (exact) mass is 403 g/mol. The first kappa shape index (κ1) is 20.0. The van der Waals surface area contributed by atoms with Crippen LogP contribution in [0.1, 0.15) is 22.4 Å². The number of rotatable bonds is 6. The quantitative estimate of drug-likeness (QED) is 0.427. The first-order chi connectivity index (χ1) is 14.5. The van der Waals surface area contributed by atoms with Crippen LogP contribution in [0.4, 0.5) is 10.2 Å². The van der Waals surface area contributed by atoms with E-state index in [4.69, 9.17) is 9.72 Å². The summed E-state index contributed by atoms with van der Waals surface area (Å²) in [5.41, 5.74) is 5.85. The SMILES string of the molecule is COc1ccc(Cn2c(C)c(C)c3ccnc(N(C)Cc4ccc(F)cc4)c32)cc1. The highest BCUT2D eigenvalue weighted by Gasteiger charge is 2.18. The second-order valence-electron chi connectivity index (χ2n) is 7.66. The molecule has 0 unspecified atom stereocenters. The minimum absolute atomic E-state index is 0.221. The third kappa shape index (κ3) is 3.75. The summed E-state index contributed by atoms with van der Waals surface area (Å²) in [5.74, 6) is 1.55. The van der Waals surface area contributed by atoms with E-state index in [0.717, 1.165) is 29.2 Å². The van der Waals surface area contributed by atoms with E-state index in [9.17, 15) is 4.39 Å². The fraction of sp³-hybridized carbons (Fsp3) is 0.240. The van der Waals surface area contributed by atoms with Crippen molar-refractivity contribution in [2.24, 2.45) is 0 Å². The molecule has 0 bridgehead atoms. The lowest BCUT2D eigenvalue weighted by Gasteiger charge is -2.21. The lowest BCUT2D eigenvalue weighted by molar-refractivity contribution is 0.414. The van der Waals surface area contributed by atoms with Crippen LogP contribution in [0, 0.1) is 19.7 Å². The van der Waals surface area contributed by atoms with E-state index in [1.54, 1.807) is 7.11 Å². The molecule has 0 aliphatic carbocycles. The maximum Gasteiger partial charge on any atom is 0.153 e. The number of aryl methyl sites for hydroxylation is 1. The van der Waals surface area contributed by atoms with Gasteiger partial charge in [0.15, 0.2) is 5.82 Å². The van der Waals surface area contributed by atoms with E-state index < -0.39 is 0 Å². The normalized spacial score (nSPS) is 11.1. The third-order valence-electron chi connectivity index (χ3n) is 5.72. The van der Waals surface area contributed by atoms with E-state index >= 15 is 0 Å². The second-order valence-corrected chi connectivity index (χ2v) is 7.66. The number of pyridine rings is 1. The summed E-state index contributed by atoms with van der Waals surface area (Å²) in [5, 5.41) is 1.21. The summed E-state index contributed by atoms with van der Waals surface area (Å²) in [6.45, 7) is 5.72. The van der Waals surface area contributed by atoms with Crippen molar-refractivity contribution in [1.29, 1.82) is 0 Å². The van der Waals surface area contributed by atoms with Crippen LogP contribution in [0.2, 0.25) is 0 Å². The van der Waals surface area contributed by atoms with Gasteiger partial charge in [-0.1, -0.05) is 24.3 Å². The van der Waals surface area contributed by atoms with Crippen LogP contribution in [-0.2, 0) is 13.1 Å². The summed E-state index contributed by atoms with van der Waals surface area (Å²) in [7, 11) is 3.71. The molecular weight excluding hydrogens is 377 g/mol. The van der Waals surface area contributed by atoms with Crippen LogP contribution in [0.5, 0.6) is 5.75 Å². The molecule has 30 heavy (non-hydrogen) atoms. The molecular formula is C25H26FN3O. The molecule has 0 saturated heterocycles. The summed E-state index contributed by atoms with van der Waals surface area (Å²) in [6, 6.07) is 16.9. The topological polar surface area (TPSA) is 30.3 Å². The Morgan fingerprint density at radius 3 is 2.30 bits per heavy atom. The maximum absolute atomic E-state index is 13.3. The molecule has 0 amide bonds. The van der Waals surface area contributed by atoms with Gasteiger partial charge in [-0.05, 0) is 60.9 Å². The Morgan fingerprint density at radius 1 is 0.967 bits per heavy atom. The van der Waals surface area contributed by atoms with Crippen molar-refractivity contribution in [2.75, 3.05) is 19.1 Å². The van der Waals surface area contributed by atoms with Crippen molar-refractivity contribution in [1.82, 2.24) is 9.55 Å². The molecule has 4 rings (SSSR count). The van der Waals surface area contributed by atoms with Gasteiger partial charge in [-0.15, -0.1) is 0 Å². The molecule has 154 valence electrons. The molecule has 2 heterocycles. The molecule has 0 radical (unpaired) electrons. The Labute approximate surface area is 176 Å². The maximum atomic E-state index is 13.3. The number of hydrogen-bond acceptors (Lipinski definition) is 3. The molecule has 0 atom stereocenters. The lowest BCUT2D eigenvalue weighted by Crippen LogP contribution is -2.19. The fourth-order valence-corrected chi connectivity index (χ4v) is 3.91. The Balaban J connectivity index is 1.74. The highest BCUT2D eigenvalue weighted by Crippen LogP contribution is 2.32. The zero-order chi connectivity index (χ0) is 21.3. The predicted molar refractivity (Wildman–Crippen MR) is 120 cm³/mol. The summed E-state index contributed by atoms with van der Waals surface area (Å²) < 4.78 is 20.9. The number of halogens is 1. The number of fused-ring (bicyclic) bond motifs is 1. The molecule has 0 saturated carbocycles. The molecule has 0 fully saturated rings. The van der Waals surface area contributed by atoms with E-state index in [2.05, 4.69) is 41.5 Å². The zero-order valence-electron chi connectivity index (χ0n) is 17.8. The minimum atomic E-state index is -0.221. The van der Waals surface area contributed by atoms with Gasteiger partial charge in [-0.25, -0.2) is 9.37 Å². The Bertz CT molecular complexity index is 1160. The van der Waals surface area contributed by atoms with Gasteiger partial charge < -0.3 is 14.2 Å². The van der Waals surface area contributed by atoms with Crippen LogP contribution < -0.4 is 9.64 Å². The number of hydrogen-bond donors (Lipinski definition) is 0. The van der Waals surface area contributed by atoms with Gasteiger partial charge in [-0.3, -0.25) is 0 Å². The molecule has 2 aromatic carbocycles. The largest absolute Gasteiger partial charge is 0.497 e. The highest BCUT2D eigenvalue weighted by atomic mass is 19.1. The van der Waals surface area contributed by atoms with Crippen molar-refractivity contribution in [3.05, 3.63) is 89.0 Å². The molecule has 4 aromatic rings. The van der Waals surface area contributed by atoms with E-state index in [0.29, 0.717) is 6.54 Å². The van der Waals surface area contributed by atoms with Gasteiger partial charge in [0.2, 0.25) is 0 Å². The third-order valence-corrected chi connectivity index (χ3v) is 5.72. The molecule has 0 spiro atoms. The van der Waals surface area contributed by atoms with Gasteiger partial charge in [0, 0.05) is 37.4 Å². The molecule has 0 aliphatic heterocycles. The molecule has 0 aliphatic rings. The summed E-state index contributed by atoms with van der Waals surface area (Å²) in [6.07, 6.45) is 1.86. The fourth-order valence-electron chi connectivity index (χ4n) is 3.91. The molecule has 2 aromatic heterocycles. The van der Waals surface area contributed by atoms with Gasteiger partial charge in [0.05, 0.1) is 12.6 Å². The van der Waals surface area contributed by atoms with Crippen LogP contribution >= 0.6 is 0 Å². The standard InChI is InChI=1S/C25H26FN3O/c1-17-18(2)29(16-20-7-11-22(30-4)12-8-20)24-23(17)13-14-27-25(24)28(3)15-19-5-9-21(26)10-6-19/h5-14H,15-16H2,1-4H3. The van der Waals surface area contributed by atoms with E-state index in [1.807, 2.05) is 37.5 Å². The second kappa shape index (κ2) is 8.19. The zero-order valence-corrected chi connectivity index (χ0v) is 17.8. The van der Waals surface area contributed by atoms with Crippen LogP contribution in [0.25, 0.3) is 10.9 Å². The summed E-state index contributed by atoms with van der Waals surface area (Å²) >= 11 is 0. The first-order valence-electron chi connectivity index (χ1n) is 10.0. The van der Waals surface area contributed by atoms with E-state index in [-0.39, 0.29) is 5.82 Å². The number of methoxy groups -OCH3 is 1. The number of anilines is 1. The van der Waals surface area contributed by atoms with Gasteiger partial charge in [-0.2, -0.15) is 0 Å². The van der Waals surface area contributed by atoms with Crippen LogP contribution in [0.3, 0.4) is 0 Å². The van der Waals surface area contributed by atoms with Crippen molar-refractivity contribution in [3.8, 4) is 5.75 Å². The van der Waals surface area contributed by atoms with Crippen molar-refractivity contribution in [3.63, 3.8) is 0 Å². The number of nitrogens with zero attached hydrogens (tertiary/aromatic N) is 3. The number of benzene rings is 2. The summed E-state index contributed by atoms with van der Waals surface area (Å²) in [4.78, 5) is 6.84. The van der Waals surface area contributed by atoms with Crippen LogP contribution in [0.15, 0.2) is 60.8 Å². The first-order valence-corrected chi connectivity index (χ1v) is 10.0. The van der Waals surface area contributed by atoms with Gasteiger partial charge in [0.25, 0.3) is 0 Å². The molecule has 0 N–H and O–H groups in total. The number of ether oxygens (including phenoxy) is 1. The van der Waals surface area contributed by atoms with Gasteiger partial charge >= 0.3 is 0 Å². The van der Waals surface area contributed by atoms with E-state index in [1.165, 1.54) is 34.3 Å². The smallest absolute Gasteiger partial charge is 0.153 e. The van der Waals surface area contributed by atoms with Crippen LogP contribution in [-0.4, -0.2) is 23.7 Å². The predicted octanol–water partition coefficient (Wildman–Crippen LogP) is 5.49. The lowest BCUT2D eigenvalue weighted by atomic mass is 10.2. The van der Waals surface area contributed by atoms with Crippen molar-refractivity contribution >= 4 is 16.7 Å². The van der Waals surface area contributed by atoms with Gasteiger partial charge in [0.1, 0.15) is 11.6 Å². The Morgan fingerprint density at radius 2 is 1.63 bits per heavy atom.